The molecule has 0 bridgehead atoms. The first-order valence-corrected chi connectivity index (χ1v) is 6.03. The third kappa shape index (κ3) is 2.90. The molecule has 0 aliphatic carbocycles. The van der Waals surface area contributed by atoms with Crippen molar-refractivity contribution in [3.05, 3.63) is 40.2 Å². The Morgan fingerprint density at radius 2 is 2.25 bits per heavy atom. The van der Waals surface area contributed by atoms with E-state index in [2.05, 4.69) is 25.9 Å². The Labute approximate surface area is 117 Å². The van der Waals surface area contributed by atoms with Crippen molar-refractivity contribution in [1.82, 2.24) is 25.9 Å². The van der Waals surface area contributed by atoms with Crippen molar-refractivity contribution >= 4 is 17.5 Å². The summed E-state index contributed by atoms with van der Waals surface area (Å²) >= 11 is 5.41. The van der Waals surface area contributed by atoms with Gasteiger partial charge in [0.2, 0.25) is 0 Å². The van der Waals surface area contributed by atoms with Crippen molar-refractivity contribution in [2.24, 2.45) is 0 Å². The lowest BCUT2D eigenvalue weighted by Gasteiger charge is -2.10. The number of nitrogens with one attached hydrogen (secondary N) is 2. The highest BCUT2D eigenvalue weighted by molar-refractivity contribution is 6.31. The molecule has 6 nitrogen and oxygen atoms in total. The van der Waals surface area contributed by atoms with Gasteiger partial charge in [-0.25, -0.2) is 8.78 Å². The number of nitrogens with zero attached hydrogens (tertiary/aromatic N) is 3. The lowest BCUT2D eigenvalue weighted by molar-refractivity contribution is 0.0947. The molecular formula is C11H10ClF2N5O. The highest BCUT2D eigenvalue weighted by atomic mass is 35.5. The second kappa shape index (κ2) is 5.91. The molecule has 1 atom stereocenters. The van der Waals surface area contributed by atoms with Crippen LogP contribution >= 0.6 is 11.6 Å². The van der Waals surface area contributed by atoms with Gasteiger partial charge in [0.1, 0.15) is 10.8 Å². The summed E-state index contributed by atoms with van der Waals surface area (Å²) in [4.78, 5) is 11.8. The molecule has 0 unspecified atom stereocenters. The van der Waals surface area contributed by atoms with Gasteiger partial charge in [0.25, 0.3) is 5.91 Å². The first-order chi connectivity index (χ1) is 9.50. The largest absolute Gasteiger partial charge is 0.351 e. The van der Waals surface area contributed by atoms with Crippen LogP contribution in [0.15, 0.2) is 12.1 Å². The summed E-state index contributed by atoms with van der Waals surface area (Å²) in [7, 11) is 0. The van der Waals surface area contributed by atoms with Gasteiger partial charge in [-0.3, -0.25) is 4.79 Å². The molecule has 0 fully saturated rings. The standard InChI is InChI=1S/C11H10ClF2N5O/c1-5(10-16-18-19-17-10)4-15-11(20)6-2-3-7(13)8(12)9(6)14/h2-3,5H,4H2,1H3,(H,15,20)(H,16,17,18,19)/t5-/m1/s1. The third-order valence-electron chi connectivity index (χ3n) is 2.65. The van der Waals surface area contributed by atoms with E-state index in [1.165, 1.54) is 0 Å². The first-order valence-electron chi connectivity index (χ1n) is 5.65. The molecule has 0 aliphatic heterocycles. The SMILES string of the molecule is C[C@H](CNC(=O)c1ccc(F)c(Cl)c1F)c1nn[nH]n1. The Hall–Kier alpha value is -2.09. The Morgan fingerprint density at radius 1 is 1.50 bits per heavy atom. The summed E-state index contributed by atoms with van der Waals surface area (Å²) in [5.74, 6) is -2.49. The van der Waals surface area contributed by atoms with Gasteiger partial charge in [0, 0.05) is 12.5 Å². The zero-order valence-corrected chi connectivity index (χ0v) is 11.1. The van der Waals surface area contributed by atoms with Gasteiger partial charge in [-0.2, -0.15) is 5.21 Å². The fourth-order valence-corrected chi connectivity index (χ4v) is 1.68. The first kappa shape index (κ1) is 14.3. The molecule has 0 aliphatic rings. The van der Waals surface area contributed by atoms with Crippen LogP contribution in [0.2, 0.25) is 5.02 Å². The maximum absolute atomic E-state index is 13.6. The zero-order valence-electron chi connectivity index (χ0n) is 10.3. The number of carbonyl (C=O) groups is 1. The van der Waals surface area contributed by atoms with Crippen molar-refractivity contribution in [1.29, 1.82) is 0 Å². The maximum Gasteiger partial charge on any atom is 0.254 e. The van der Waals surface area contributed by atoms with E-state index in [0.29, 0.717) is 5.82 Å². The van der Waals surface area contributed by atoms with Gasteiger partial charge in [-0.1, -0.05) is 23.7 Å². The summed E-state index contributed by atoms with van der Waals surface area (Å²) in [6.07, 6.45) is 0. The van der Waals surface area contributed by atoms with E-state index >= 15 is 0 Å². The predicted octanol–water partition coefficient (Wildman–Crippen LogP) is 1.66. The van der Waals surface area contributed by atoms with Crippen LogP contribution in [0.25, 0.3) is 0 Å². The summed E-state index contributed by atoms with van der Waals surface area (Å²) in [5, 5.41) is 15.0. The van der Waals surface area contributed by atoms with Crippen LogP contribution in [0.1, 0.15) is 29.0 Å². The average Bonchev–Trinajstić information content (AvgIpc) is 2.96. The minimum atomic E-state index is -1.09. The van der Waals surface area contributed by atoms with Crippen LogP contribution in [-0.2, 0) is 0 Å². The predicted molar refractivity (Wildman–Crippen MR) is 66.3 cm³/mol. The molecule has 0 saturated carbocycles. The lowest BCUT2D eigenvalue weighted by Crippen LogP contribution is -2.28. The second-order valence-corrected chi connectivity index (χ2v) is 4.48. The highest BCUT2D eigenvalue weighted by Gasteiger charge is 2.18. The number of aromatic nitrogens is 4. The second-order valence-electron chi connectivity index (χ2n) is 4.10. The lowest BCUT2D eigenvalue weighted by atomic mass is 10.1. The molecule has 0 saturated heterocycles. The van der Waals surface area contributed by atoms with Gasteiger partial charge < -0.3 is 5.32 Å². The van der Waals surface area contributed by atoms with Crippen molar-refractivity contribution in [3.8, 4) is 0 Å². The number of hydrogen-bond donors (Lipinski definition) is 2. The summed E-state index contributed by atoms with van der Waals surface area (Å²) < 4.78 is 26.6. The van der Waals surface area contributed by atoms with Crippen molar-refractivity contribution in [2.45, 2.75) is 12.8 Å². The van der Waals surface area contributed by atoms with E-state index in [1.807, 2.05) is 0 Å². The number of amides is 1. The summed E-state index contributed by atoms with van der Waals surface area (Å²) in [6.45, 7) is 1.94. The van der Waals surface area contributed by atoms with Crippen LogP contribution in [-0.4, -0.2) is 33.1 Å². The van der Waals surface area contributed by atoms with Crippen molar-refractivity contribution < 1.29 is 13.6 Å². The number of benzene rings is 1. The van der Waals surface area contributed by atoms with E-state index in [-0.39, 0.29) is 18.0 Å². The number of halogens is 3. The van der Waals surface area contributed by atoms with E-state index in [4.69, 9.17) is 11.6 Å². The molecule has 106 valence electrons. The minimum absolute atomic E-state index is 0.173. The number of carbonyl (C=O) groups excluding carboxylic acids is 1. The van der Waals surface area contributed by atoms with Gasteiger partial charge in [-0.15, -0.1) is 10.2 Å². The van der Waals surface area contributed by atoms with Gasteiger partial charge >= 0.3 is 0 Å². The molecule has 0 radical (unpaired) electrons. The van der Waals surface area contributed by atoms with Gasteiger partial charge in [-0.05, 0) is 12.1 Å². The van der Waals surface area contributed by atoms with Crippen LogP contribution in [0.4, 0.5) is 8.78 Å². The molecule has 2 rings (SSSR count). The molecule has 2 N–H and O–H groups in total. The Bertz CT molecular complexity index is 620. The topological polar surface area (TPSA) is 83.6 Å². The smallest absolute Gasteiger partial charge is 0.254 e. The van der Waals surface area contributed by atoms with E-state index < -0.39 is 22.6 Å². The van der Waals surface area contributed by atoms with Crippen molar-refractivity contribution in [3.63, 3.8) is 0 Å². The molecule has 2 aromatic rings. The molecule has 1 aromatic carbocycles. The van der Waals surface area contributed by atoms with Crippen LogP contribution in [0.3, 0.4) is 0 Å². The van der Waals surface area contributed by atoms with Gasteiger partial charge in [0.15, 0.2) is 11.6 Å². The van der Waals surface area contributed by atoms with Crippen LogP contribution in [0, 0.1) is 11.6 Å². The normalized spacial score (nSPS) is 12.2. The average molecular weight is 302 g/mol. The molecular weight excluding hydrogens is 292 g/mol. The summed E-state index contributed by atoms with van der Waals surface area (Å²) in [6, 6.07) is 1.97. The number of H-pyrrole nitrogens is 1. The minimum Gasteiger partial charge on any atom is -0.351 e. The zero-order chi connectivity index (χ0) is 14.7. The molecule has 1 amide bonds. The fraction of sp³-hybridized carbons (Fsp3) is 0.273. The van der Waals surface area contributed by atoms with Gasteiger partial charge in [0.05, 0.1) is 5.56 Å². The Morgan fingerprint density at radius 3 is 2.90 bits per heavy atom. The molecule has 9 heteroatoms. The molecule has 1 aromatic heterocycles. The van der Waals surface area contributed by atoms with E-state index in [0.717, 1.165) is 12.1 Å². The van der Waals surface area contributed by atoms with Crippen molar-refractivity contribution in [2.75, 3.05) is 6.54 Å². The third-order valence-corrected chi connectivity index (χ3v) is 3.00. The number of hydrogen-bond acceptors (Lipinski definition) is 4. The quantitative estimate of drug-likeness (QED) is 0.841. The van der Waals surface area contributed by atoms with Crippen LogP contribution < -0.4 is 5.32 Å². The number of aromatic amines is 1. The maximum atomic E-state index is 13.6. The Balaban J connectivity index is 2.04. The fourth-order valence-electron chi connectivity index (χ4n) is 1.51. The van der Waals surface area contributed by atoms with E-state index in [9.17, 15) is 13.6 Å². The number of rotatable bonds is 4. The molecule has 0 spiro atoms. The van der Waals surface area contributed by atoms with E-state index in [1.54, 1.807) is 6.92 Å². The highest BCUT2D eigenvalue weighted by Crippen LogP contribution is 2.21. The van der Waals surface area contributed by atoms with Crippen LogP contribution in [0.5, 0.6) is 0 Å². The summed E-state index contributed by atoms with van der Waals surface area (Å²) in [5.41, 5.74) is -0.322. The Kier molecular flexibility index (Phi) is 4.23. The monoisotopic (exact) mass is 301 g/mol. The number of tetrazole rings is 1. The molecule has 20 heavy (non-hydrogen) atoms. The molecule has 1 heterocycles.